The summed E-state index contributed by atoms with van der Waals surface area (Å²) in [4.78, 5) is 9.25. The topological polar surface area (TPSA) is 104 Å². The summed E-state index contributed by atoms with van der Waals surface area (Å²) in [5.74, 6) is 0.481. The molecule has 1 aliphatic heterocycles. The fourth-order valence-corrected chi connectivity index (χ4v) is 6.33. The molecule has 0 amide bonds. The van der Waals surface area contributed by atoms with Gasteiger partial charge in [0.25, 0.3) is 10.0 Å². The van der Waals surface area contributed by atoms with Gasteiger partial charge in [0.2, 0.25) is 5.88 Å². The molecule has 5 aromatic rings. The Morgan fingerprint density at radius 2 is 1.74 bits per heavy atom. The molecule has 1 aliphatic rings. The van der Waals surface area contributed by atoms with Gasteiger partial charge in [0.1, 0.15) is 0 Å². The molecule has 1 aromatic carbocycles. The molecule has 194 valence electrons. The highest BCUT2D eigenvalue weighted by Gasteiger charge is 2.25. The maximum atomic E-state index is 13.7. The second-order valence-corrected chi connectivity index (χ2v) is 11.3. The molecule has 1 fully saturated rings. The van der Waals surface area contributed by atoms with E-state index in [1.165, 1.54) is 3.97 Å². The number of methoxy groups -OCH3 is 1. The number of fused-ring (bicyclic) bond motifs is 1. The van der Waals surface area contributed by atoms with E-state index in [-0.39, 0.29) is 4.90 Å². The molecule has 0 spiro atoms. The minimum absolute atomic E-state index is 0.203. The Kier molecular flexibility index (Phi) is 6.21. The quantitative estimate of drug-likeness (QED) is 0.347. The maximum Gasteiger partial charge on any atom is 0.269 e. The third kappa shape index (κ3) is 4.25. The molecule has 38 heavy (non-hydrogen) atoms. The second-order valence-electron chi connectivity index (χ2n) is 9.48. The molecule has 0 unspecified atom stereocenters. The van der Waals surface area contributed by atoms with E-state index in [0.29, 0.717) is 28.5 Å². The number of aryl methyl sites for hydroxylation is 1. The lowest BCUT2D eigenvalue weighted by Gasteiger charge is -2.24. The first-order chi connectivity index (χ1) is 18.5. The lowest BCUT2D eigenvalue weighted by atomic mass is 10.0. The van der Waals surface area contributed by atoms with E-state index >= 15 is 0 Å². The largest absolute Gasteiger partial charge is 0.481 e. The van der Waals surface area contributed by atoms with Gasteiger partial charge in [0, 0.05) is 52.9 Å². The van der Waals surface area contributed by atoms with Gasteiger partial charge in [-0.05, 0) is 63.2 Å². The standard InChI is InChI=1S/C28H28N6O3S/c1-19-3-6-23(7-4-19)38(35,36)33-18-25(20-5-8-27(37-2)30-16-20)24-15-21(17-31-28(24)33)26-11-14-32-34(26)22-9-12-29-13-10-22/h3-8,11,14-18,22,29H,9-10,12-13H2,1-2H3. The molecule has 6 rings (SSSR count). The van der Waals surface area contributed by atoms with Crippen LogP contribution in [0.5, 0.6) is 5.88 Å². The van der Waals surface area contributed by atoms with Gasteiger partial charge in [-0.15, -0.1) is 0 Å². The van der Waals surface area contributed by atoms with Crippen LogP contribution in [0, 0.1) is 6.92 Å². The van der Waals surface area contributed by atoms with Gasteiger partial charge in [-0.3, -0.25) is 4.68 Å². The van der Waals surface area contributed by atoms with Crippen molar-refractivity contribution in [1.82, 2.24) is 29.0 Å². The third-order valence-electron chi connectivity index (χ3n) is 7.07. The van der Waals surface area contributed by atoms with Crippen LogP contribution in [0.1, 0.15) is 24.4 Å². The Morgan fingerprint density at radius 3 is 2.45 bits per heavy atom. The van der Waals surface area contributed by atoms with Crippen molar-refractivity contribution in [2.75, 3.05) is 20.2 Å². The summed E-state index contributed by atoms with van der Waals surface area (Å²) in [5.41, 5.74) is 4.65. The lowest BCUT2D eigenvalue weighted by molar-refractivity contribution is 0.346. The average Bonchev–Trinajstić information content (AvgIpc) is 3.59. The first kappa shape index (κ1) is 24.3. The van der Waals surface area contributed by atoms with E-state index in [9.17, 15) is 8.42 Å². The zero-order chi connectivity index (χ0) is 26.3. The number of hydrogen-bond acceptors (Lipinski definition) is 7. The highest BCUT2D eigenvalue weighted by Crippen LogP contribution is 2.35. The first-order valence-electron chi connectivity index (χ1n) is 12.5. The van der Waals surface area contributed by atoms with Gasteiger partial charge in [-0.2, -0.15) is 5.10 Å². The maximum absolute atomic E-state index is 13.7. The van der Waals surface area contributed by atoms with Crippen LogP contribution in [0.2, 0.25) is 0 Å². The summed E-state index contributed by atoms with van der Waals surface area (Å²) in [6.45, 7) is 3.83. The van der Waals surface area contributed by atoms with Crippen molar-refractivity contribution in [3.8, 4) is 28.3 Å². The van der Waals surface area contributed by atoms with E-state index in [4.69, 9.17) is 9.72 Å². The van der Waals surface area contributed by atoms with Crippen LogP contribution in [0.15, 0.2) is 78.2 Å². The van der Waals surface area contributed by atoms with E-state index in [0.717, 1.165) is 48.3 Å². The van der Waals surface area contributed by atoms with Gasteiger partial charge in [0.05, 0.1) is 23.7 Å². The molecule has 0 atom stereocenters. The summed E-state index contributed by atoms with van der Waals surface area (Å²) >= 11 is 0. The Hall–Kier alpha value is -4.02. The minimum Gasteiger partial charge on any atom is -0.481 e. The van der Waals surface area contributed by atoms with Gasteiger partial charge in [-0.25, -0.2) is 22.4 Å². The van der Waals surface area contributed by atoms with Crippen LogP contribution in [0.4, 0.5) is 0 Å². The van der Waals surface area contributed by atoms with Gasteiger partial charge in [-0.1, -0.05) is 17.7 Å². The van der Waals surface area contributed by atoms with E-state index < -0.39 is 10.0 Å². The van der Waals surface area contributed by atoms with Crippen LogP contribution in [-0.2, 0) is 10.0 Å². The van der Waals surface area contributed by atoms with Crippen molar-refractivity contribution in [2.24, 2.45) is 0 Å². The van der Waals surface area contributed by atoms with Gasteiger partial charge in [0.15, 0.2) is 5.65 Å². The third-order valence-corrected chi connectivity index (χ3v) is 8.73. The van der Waals surface area contributed by atoms with Crippen LogP contribution in [-0.4, -0.2) is 52.3 Å². The molecular formula is C28H28N6O3S. The first-order valence-corrected chi connectivity index (χ1v) is 14.0. The monoisotopic (exact) mass is 528 g/mol. The number of rotatable bonds is 6. The molecule has 5 heterocycles. The van der Waals surface area contributed by atoms with Crippen molar-refractivity contribution < 1.29 is 13.2 Å². The molecule has 0 aliphatic carbocycles. The smallest absolute Gasteiger partial charge is 0.269 e. The molecule has 4 aromatic heterocycles. The fraction of sp³-hybridized carbons (Fsp3) is 0.250. The Balaban J connectivity index is 1.53. The molecule has 10 heteroatoms. The van der Waals surface area contributed by atoms with Crippen LogP contribution in [0.25, 0.3) is 33.4 Å². The number of ether oxygens (including phenoxy) is 1. The predicted molar refractivity (Wildman–Crippen MR) is 146 cm³/mol. The zero-order valence-electron chi connectivity index (χ0n) is 21.2. The normalized spacial score (nSPS) is 14.7. The number of aromatic nitrogens is 5. The number of pyridine rings is 2. The summed E-state index contributed by atoms with van der Waals surface area (Å²) in [6.07, 6.45) is 8.85. The summed E-state index contributed by atoms with van der Waals surface area (Å²) < 4.78 is 36.0. The molecule has 0 radical (unpaired) electrons. The van der Waals surface area contributed by atoms with E-state index in [2.05, 4.69) is 20.1 Å². The molecule has 0 bridgehead atoms. The van der Waals surface area contributed by atoms with Crippen molar-refractivity contribution in [3.05, 3.63) is 78.9 Å². The summed E-state index contributed by atoms with van der Waals surface area (Å²) in [7, 11) is -2.33. The highest BCUT2D eigenvalue weighted by molar-refractivity contribution is 7.90. The molecule has 0 saturated carbocycles. The Labute approximate surface area is 221 Å². The predicted octanol–water partition coefficient (Wildman–Crippen LogP) is 4.44. The average molecular weight is 529 g/mol. The van der Waals surface area contributed by atoms with Crippen LogP contribution in [0.3, 0.4) is 0 Å². The number of piperidine rings is 1. The molecule has 1 N–H and O–H groups in total. The highest BCUT2D eigenvalue weighted by atomic mass is 32.2. The molecule has 9 nitrogen and oxygen atoms in total. The summed E-state index contributed by atoms with van der Waals surface area (Å²) in [6, 6.07) is 14.7. The Morgan fingerprint density at radius 1 is 0.974 bits per heavy atom. The second kappa shape index (κ2) is 9.70. The zero-order valence-corrected chi connectivity index (χ0v) is 22.0. The van der Waals surface area contributed by atoms with Crippen molar-refractivity contribution in [3.63, 3.8) is 0 Å². The van der Waals surface area contributed by atoms with Crippen LogP contribution < -0.4 is 10.1 Å². The minimum atomic E-state index is -3.89. The Bertz CT molecular complexity index is 1700. The number of benzene rings is 1. The number of nitrogens with zero attached hydrogens (tertiary/aromatic N) is 5. The van der Waals surface area contributed by atoms with Gasteiger partial charge < -0.3 is 10.1 Å². The number of hydrogen-bond donors (Lipinski definition) is 1. The van der Waals surface area contributed by atoms with Gasteiger partial charge >= 0.3 is 0 Å². The van der Waals surface area contributed by atoms with Crippen molar-refractivity contribution in [1.29, 1.82) is 0 Å². The van der Waals surface area contributed by atoms with E-state index in [1.54, 1.807) is 56.0 Å². The summed E-state index contributed by atoms with van der Waals surface area (Å²) in [5, 5.41) is 8.73. The SMILES string of the molecule is COc1ccc(-c2cn(S(=O)(=O)c3ccc(C)cc3)c3ncc(-c4ccnn4C4CCNCC4)cc23)cn1. The fourth-order valence-electron chi connectivity index (χ4n) is 5.00. The lowest BCUT2D eigenvalue weighted by Crippen LogP contribution is -2.30. The number of nitrogens with one attached hydrogen (secondary N) is 1. The van der Waals surface area contributed by atoms with Crippen LogP contribution >= 0.6 is 0 Å². The van der Waals surface area contributed by atoms with Crippen molar-refractivity contribution >= 4 is 21.1 Å². The molecule has 1 saturated heterocycles. The van der Waals surface area contributed by atoms with E-state index in [1.807, 2.05) is 31.3 Å². The molecular weight excluding hydrogens is 500 g/mol. The van der Waals surface area contributed by atoms with Crippen molar-refractivity contribution in [2.45, 2.75) is 30.7 Å².